The number of benzene rings is 2. The van der Waals surface area contributed by atoms with Gasteiger partial charge in [0.2, 0.25) is 5.91 Å². The molecular formula is C41H55NO4. The summed E-state index contributed by atoms with van der Waals surface area (Å²) in [6.07, 6.45) is 13.2. The van der Waals surface area contributed by atoms with Crippen molar-refractivity contribution in [1.82, 2.24) is 4.90 Å². The highest BCUT2D eigenvalue weighted by molar-refractivity contribution is 5.84. The van der Waals surface area contributed by atoms with Crippen LogP contribution in [0.25, 0.3) is 11.1 Å². The Kier molecular flexibility index (Phi) is 8.39. The molecule has 0 radical (unpaired) electrons. The average Bonchev–Trinajstić information content (AvgIpc) is 3.70. The van der Waals surface area contributed by atoms with Gasteiger partial charge in [-0.2, -0.15) is 0 Å². The molecule has 5 fully saturated rings. The zero-order chi connectivity index (χ0) is 32.3. The summed E-state index contributed by atoms with van der Waals surface area (Å²) >= 11 is 0. The molecule has 1 saturated heterocycles. The maximum atomic E-state index is 13.1. The standard InChI is InChI=1S/C41H55NO4/c1-27(11-20-37(43)42-25-7-10-36(42)38(44)45)33-18-19-34-32-17-16-31-26-41(46,24-23-39(31,2)35(32)21-22-40(33,34)3)30-14-12-29(13-15-30)28-8-5-4-6-9-28/h4-6,8-9,12-15,27,31-36,46H,7,10-11,16-26H2,1-3H3,(H,44,45)/t27-,31-,32+,33-,34+,35+,36-,39+,40-,41+/m1/s1. The molecule has 4 saturated carbocycles. The molecule has 0 aromatic heterocycles. The van der Waals surface area contributed by atoms with Crippen molar-refractivity contribution in [3.8, 4) is 11.1 Å². The Morgan fingerprint density at radius 2 is 1.57 bits per heavy atom. The molecule has 0 bridgehead atoms. The van der Waals surface area contributed by atoms with Gasteiger partial charge in [-0.25, -0.2) is 4.79 Å². The lowest BCUT2D eigenvalue weighted by atomic mass is 9.43. The molecule has 5 aliphatic rings. The van der Waals surface area contributed by atoms with E-state index in [1.165, 1.54) is 49.7 Å². The van der Waals surface area contributed by atoms with Crippen molar-refractivity contribution in [2.45, 2.75) is 116 Å². The Hall–Kier alpha value is -2.66. The number of carboxylic acid groups (broad SMARTS) is 1. The Bertz CT molecular complexity index is 1420. The van der Waals surface area contributed by atoms with Crippen LogP contribution in [-0.4, -0.2) is 39.6 Å². The maximum absolute atomic E-state index is 13.1. The van der Waals surface area contributed by atoms with Crippen LogP contribution in [0.3, 0.4) is 0 Å². The molecule has 46 heavy (non-hydrogen) atoms. The monoisotopic (exact) mass is 625 g/mol. The predicted molar refractivity (Wildman–Crippen MR) is 182 cm³/mol. The summed E-state index contributed by atoms with van der Waals surface area (Å²) in [6.45, 7) is 8.12. The summed E-state index contributed by atoms with van der Waals surface area (Å²) in [5.41, 5.74) is 3.40. The minimum Gasteiger partial charge on any atom is -0.480 e. The first-order valence-electron chi connectivity index (χ1n) is 18.4. The van der Waals surface area contributed by atoms with Crippen LogP contribution in [0.1, 0.15) is 110 Å². The van der Waals surface area contributed by atoms with E-state index < -0.39 is 17.6 Å². The fourth-order valence-corrected chi connectivity index (χ4v) is 12.1. The van der Waals surface area contributed by atoms with Crippen LogP contribution in [0, 0.1) is 46.3 Å². The molecule has 4 aliphatic carbocycles. The predicted octanol–water partition coefficient (Wildman–Crippen LogP) is 8.69. The van der Waals surface area contributed by atoms with Crippen LogP contribution >= 0.6 is 0 Å². The number of fused-ring (bicyclic) bond motifs is 5. The number of aliphatic hydroxyl groups is 1. The molecule has 1 heterocycles. The van der Waals surface area contributed by atoms with Gasteiger partial charge in [0.1, 0.15) is 6.04 Å². The molecule has 1 aliphatic heterocycles. The quantitative estimate of drug-likeness (QED) is 0.323. The first kappa shape index (κ1) is 31.9. The van der Waals surface area contributed by atoms with Crippen LogP contribution < -0.4 is 0 Å². The van der Waals surface area contributed by atoms with Crippen molar-refractivity contribution in [2.24, 2.45) is 46.3 Å². The number of amides is 1. The number of hydrogen-bond donors (Lipinski definition) is 2. The molecule has 248 valence electrons. The van der Waals surface area contributed by atoms with E-state index in [1.54, 1.807) is 4.90 Å². The number of aliphatic carboxylic acids is 1. The zero-order valence-corrected chi connectivity index (χ0v) is 28.3. The van der Waals surface area contributed by atoms with Gasteiger partial charge in [0.25, 0.3) is 0 Å². The highest BCUT2D eigenvalue weighted by atomic mass is 16.4. The molecular weight excluding hydrogens is 570 g/mol. The van der Waals surface area contributed by atoms with Gasteiger partial charge in [-0.05, 0) is 140 Å². The largest absolute Gasteiger partial charge is 0.480 e. The van der Waals surface area contributed by atoms with E-state index >= 15 is 0 Å². The van der Waals surface area contributed by atoms with Crippen molar-refractivity contribution in [2.75, 3.05) is 6.54 Å². The smallest absolute Gasteiger partial charge is 0.326 e. The highest BCUT2D eigenvalue weighted by Crippen LogP contribution is 2.69. The molecule has 5 heteroatoms. The van der Waals surface area contributed by atoms with Crippen molar-refractivity contribution < 1.29 is 19.8 Å². The molecule has 0 unspecified atom stereocenters. The Balaban J connectivity index is 0.998. The lowest BCUT2D eigenvalue weighted by Gasteiger charge is -2.62. The summed E-state index contributed by atoms with van der Waals surface area (Å²) in [5, 5.41) is 21.6. The molecule has 7 rings (SSSR count). The summed E-state index contributed by atoms with van der Waals surface area (Å²) in [7, 11) is 0. The lowest BCUT2D eigenvalue weighted by molar-refractivity contribution is -0.155. The Labute approximate surface area is 276 Å². The zero-order valence-electron chi connectivity index (χ0n) is 28.3. The number of nitrogens with zero attached hydrogens (tertiary/aromatic N) is 1. The van der Waals surface area contributed by atoms with E-state index in [0.29, 0.717) is 48.0 Å². The third-order valence-electron chi connectivity index (χ3n) is 14.7. The number of carbonyl (C=O) groups is 2. The number of carbonyl (C=O) groups excluding carboxylic acids is 1. The second-order valence-electron chi connectivity index (χ2n) is 16.7. The van der Waals surface area contributed by atoms with Gasteiger partial charge in [0, 0.05) is 13.0 Å². The van der Waals surface area contributed by atoms with Crippen molar-refractivity contribution in [3.63, 3.8) is 0 Å². The fourth-order valence-electron chi connectivity index (χ4n) is 12.1. The van der Waals surface area contributed by atoms with Gasteiger partial charge in [-0.1, -0.05) is 75.4 Å². The third kappa shape index (κ3) is 5.33. The first-order chi connectivity index (χ1) is 22.0. The van der Waals surface area contributed by atoms with E-state index in [4.69, 9.17) is 0 Å². The first-order valence-corrected chi connectivity index (χ1v) is 18.4. The average molecular weight is 626 g/mol. The van der Waals surface area contributed by atoms with Crippen LogP contribution in [0.15, 0.2) is 54.6 Å². The number of likely N-dealkylation sites (tertiary alicyclic amines) is 1. The Morgan fingerprint density at radius 1 is 0.848 bits per heavy atom. The molecule has 10 atom stereocenters. The number of carboxylic acids is 1. The number of hydrogen-bond acceptors (Lipinski definition) is 3. The minimum atomic E-state index is -0.856. The maximum Gasteiger partial charge on any atom is 0.326 e. The molecule has 2 N–H and O–H groups in total. The van der Waals surface area contributed by atoms with Gasteiger partial charge < -0.3 is 15.1 Å². The van der Waals surface area contributed by atoms with E-state index in [0.717, 1.165) is 55.4 Å². The van der Waals surface area contributed by atoms with E-state index in [9.17, 15) is 19.8 Å². The second kappa shape index (κ2) is 12.1. The van der Waals surface area contributed by atoms with E-state index in [2.05, 4.69) is 69.3 Å². The lowest BCUT2D eigenvalue weighted by Crippen LogP contribution is -2.55. The highest BCUT2D eigenvalue weighted by Gasteiger charge is 2.61. The molecule has 1 amide bonds. The van der Waals surface area contributed by atoms with Crippen LogP contribution in [0.2, 0.25) is 0 Å². The fraction of sp³-hybridized carbons (Fsp3) is 0.659. The van der Waals surface area contributed by atoms with Crippen molar-refractivity contribution in [3.05, 3.63) is 60.2 Å². The van der Waals surface area contributed by atoms with Crippen molar-refractivity contribution >= 4 is 11.9 Å². The van der Waals surface area contributed by atoms with Gasteiger partial charge in [-0.15, -0.1) is 0 Å². The van der Waals surface area contributed by atoms with Gasteiger partial charge in [0.15, 0.2) is 0 Å². The molecule has 2 aromatic rings. The van der Waals surface area contributed by atoms with Gasteiger partial charge in [0.05, 0.1) is 5.60 Å². The van der Waals surface area contributed by atoms with Crippen LogP contribution in [-0.2, 0) is 15.2 Å². The van der Waals surface area contributed by atoms with Gasteiger partial charge in [-0.3, -0.25) is 4.79 Å². The SMILES string of the molecule is C[C@H](CCC(=O)N1CCC[C@@H]1C(=O)O)[C@H]1CC[C@H]2[C@@H]3CC[C@@H]4C[C@](O)(c5ccc(-c6ccccc6)cc5)CC[C@]4(C)[C@H]3CC[C@]12C. The summed E-state index contributed by atoms with van der Waals surface area (Å²) in [5.74, 6) is 3.14. The summed E-state index contributed by atoms with van der Waals surface area (Å²) in [6, 6.07) is 18.6. The molecule has 0 spiro atoms. The summed E-state index contributed by atoms with van der Waals surface area (Å²) in [4.78, 5) is 26.3. The third-order valence-corrected chi connectivity index (χ3v) is 14.7. The Morgan fingerprint density at radius 3 is 2.30 bits per heavy atom. The van der Waals surface area contributed by atoms with Gasteiger partial charge >= 0.3 is 5.97 Å². The normalized spacial score (nSPS) is 39.3. The second-order valence-corrected chi connectivity index (χ2v) is 16.7. The minimum absolute atomic E-state index is 0.0378. The van der Waals surface area contributed by atoms with E-state index in [1.807, 2.05) is 6.07 Å². The molecule has 5 nitrogen and oxygen atoms in total. The van der Waals surface area contributed by atoms with Crippen molar-refractivity contribution in [1.29, 1.82) is 0 Å². The summed E-state index contributed by atoms with van der Waals surface area (Å²) < 4.78 is 0. The topological polar surface area (TPSA) is 77.8 Å². The number of rotatable bonds is 7. The van der Waals surface area contributed by atoms with E-state index in [-0.39, 0.29) is 5.91 Å². The molecule has 2 aromatic carbocycles. The van der Waals surface area contributed by atoms with Crippen LogP contribution in [0.4, 0.5) is 0 Å². The van der Waals surface area contributed by atoms with Crippen LogP contribution in [0.5, 0.6) is 0 Å².